The molecule has 4 aromatic heterocycles. The van der Waals surface area contributed by atoms with E-state index in [9.17, 15) is 4.79 Å². The Balaban J connectivity index is 0.000000215. The van der Waals surface area contributed by atoms with Crippen molar-refractivity contribution in [3.05, 3.63) is 112 Å². The number of furan rings is 1. The molecule has 7 heteroatoms. The normalized spacial score (nSPS) is 10.9. The van der Waals surface area contributed by atoms with Crippen LogP contribution in [0.2, 0.25) is 0 Å². The number of esters is 1. The molecule has 0 radical (unpaired) electrons. The maximum absolute atomic E-state index is 11.3. The van der Waals surface area contributed by atoms with Crippen LogP contribution in [0.4, 0.5) is 0 Å². The largest absolute Gasteiger partial charge is 0.466 e. The van der Waals surface area contributed by atoms with E-state index >= 15 is 0 Å². The molecule has 0 unspecified atom stereocenters. The second-order valence-corrected chi connectivity index (χ2v) is 13.5. The van der Waals surface area contributed by atoms with E-state index in [1.54, 1.807) is 30.5 Å². The summed E-state index contributed by atoms with van der Waals surface area (Å²) in [6, 6.07) is 20.1. The number of thiazole rings is 1. The summed E-state index contributed by atoms with van der Waals surface area (Å²) >= 11 is 1.72. The van der Waals surface area contributed by atoms with E-state index in [4.69, 9.17) is 9.15 Å². The van der Waals surface area contributed by atoms with Gasteiger partial charge in [0.05, 0.1) is 22.7 Å². The summed E-state index contributed by atoms with van der Waals surface area (Å²) in [5.41, 5.74) is 3.74. The molecule has 0 atom stereocenters. The molecule has 0 amide bonds. The third-order valence-corrected chi connectivity index (χ3v) is 7.61. The van der Waals surface area contributed by atoms with E-state index in [1.807, 2.05) is 48.8 Å². The zero-order valence-corrected chi connectivity index (χ0v) is 29.7. The van der Waals surface area contributed by atoms with E-state index in [-0.39, 0.29) is 11.4 Å². The van der Waals surface area contributed by atoms with E-state index in [1.165, 1.54) is 16.1 Å². The number of fused-ring (bicyclic) bond motifs is 1. The van der Waals surface area contributed by atoms with Gasteiger partial charge in [0.2, 0.25) is 0 Å². The molecule has 5 rings (SSSR count). The van der Waals surface area contributed by atoms with Crippen LogP contribution in [0.3, 0.4) is 0 Å². The van der Waals surface area contributed by atoms with Crippen LogP contribution < -0.4 is 0 Å². The number of carbonyl (C=O) groups excluding carboxylic acids is 1. The monoisotopic (exact) mass is 629 g/mol. The molecular formula is C38H51N3O3S. The van der Waals surface area contributed by atoms with Crippen molar-refractivity contribution in [1.82, 2.24) is 15.0 Å². The van der Waals surface area contributed by atoms with Gasteiger partial charge in [0.1, 0.15) is 11.5 Å². The average molecular weight is 630 g/mol. The molecule has 0 saturated carbocycles. The number of ether oxygens (including phenoxy) is 1. The van der Waals surface area contributed by atoms with E-state index in [0.29, 0.717) is 29.9 Å². The standard InChI is InChI=1S/C12H17NO2.C12H13N.C8H12O.C6H9NS/c1-5-15-11(14)9-6-7-10(13-8-9)12(2,3)4;1-9(2)11-8-7-10-5-3-4-6-12(10)13-11;1-6(2)8-5-4-7(3)9-8;1-5(2)6-7-3-4-8-6/h6-8H,5H2,1-4H3;3-9H,1-2H3;4-6H,1-3H3;3-5H,1-2H3. The lowest BCUT2D eigenvalue weighted by atomic mass is 9.91. The van der Waals surface area contributed by atoms with E-state index < -0.39 is 0 Å². The molecule has 0 spiro atoms. The predicted octanol–water partition coefficient (Wildman–Crippen LogP) is 10.9. The van der Waals surface area contributed by atoms with Gasteiger partial charge < -0.3 is 9.15 Å². The molecule has 0 aliphatic rings. The minimum Gasteiger partial charge on any atom is -0.466 e. The number of rotatable bonds is 5. The molecule has 0 aliphatic carbocycles. The highest BCUT2D eigenvalue weighted by atomic mass is 32.1. The highest BCUT2D eigenvalue weighted by Gasteiger charge is 2.16. The van der Waals surface area contributed by atoms with Gasteiger partial charge >= 0.3 is 5.97 Å². The summed E-state index contributed by atoms with van der Waals surface area (Å²) in [4.78, 5) is 24.3. The van der Waals surface area contributed by atoms with Crippen molar-refractivity contribution in [1.29, 1.82) is 0 Å². The summed E-state index contributed by atoms with van der Waals surface area (Å²) in [5, 5.41) is 4.45. The van der Waals surface area contributed by atoms with Gasteiger partial charge in [-0.05, 0) is 56.2 Å². The Labute approximate surface area is 274 Å². The Morgan fingerprint density at radius 1 is 0.867 bits per heavy atom. The summed E-state index contributed by atoms with van der Waals surface area (Å²) in [7, 11) is 0. The Morgan fingerprint density at radius 2 is 1.58 bits per heavy atom. The van der Waals surface area contributed by atoms with E-state index in [2.05, 4.69) is 102 Å². The number of para-hydroxylation sites is 1. The first kappa shape index (κ1) is 37.3. The first-order chi connectivity index (χ1) is 21.2. The minimum absolute atomic E-state index is 0.00713. The molecule has 0 fully saturated rings. The van der Waals surface area contributed by atoms with Crippen molar-refractivity contribution in [2.24, 2.45) is 0 Å². The van der Waals surface area contributed by atoms with Gasteiger partial charge in [-0.25, -0.2) is 9.78 Å². The fourth-order valence-electron chi connectivity index (χ4n) is 3.86. The maximum Gasteiger partial charge on any atom is 0.339 e. The van der Waals surface area contributed by atoms with Crippen molar-refractivity contribution in [3.63, 3.8) is 0 Å². The number of hydrogen-bond donors (Lipinski definition) is 0. The Kier molecular flexibility index (Phi) is 15.1. The van der Waals surface area contributed by atoms with Crippen LogP contribution in [0.5, 0.6) is 0 Å². The Bertz CT molecular complexity index is 1550. The molecule has 1 aromatic carbocycles. The van der Waals surface area contributed by atoms with Crippen LogP contribution in [0.15, 0.2) is 82.9 Å². The second-order valence-electron chi connectivity index (χ2n) is 12.6. The Morgan fingerprint density at radius 3 is 2.02 bits per heavy atom. The highest BCUT2D eigenvalue weighted by molar-refractivity contribution is 7.09. The van der Waals surface area contributed by atoms with Crippen molar-refractivity contribution in [2.75, 3.05) is 6.61 Å². The Hall–Kier alpha value is -3.84. The number of benzene rings is 1. The maximum atomic E-state index is 11.3. The number of aromatic nitrogens is 3. The fourth-order valence-corrected chi connectivity index (χ4v) is 4.51. The van der Waals surface area contributed by atoms with Gasteiger partial charge in [-0.15, -0.1) is 11.3 Å². The molecular weight excluding hydrogens is 579 g/mol. The van der Waals surface area contributed by atoms with E-state index in [0.717, 1.165) is 22.7 Å². The first-order valence-corrected chi connectivity index (χ1v) is 16.6. The van der Waals surface area contributed by atoms with Crippen LogP contribution in [0.1, 0.15) is 125 Å². The zero-order chi connectivity index (χ0) is 33.6. The summed E-state index contributed by atoms with van der Waals surface area (Å²) in [5.74, 6) is 3.37. The van der Waals surface area contributed by atoms with Crippen LogP contribution in [-0.4, -0.2) is 27.5 Å². The number of nitrogens with zero attached hydrogens (tertiary/aromatic N) is 3. The van der Waals surface area contributed by atoms with Gasteiger partial charge in [0.15, 0.2) is 0 Å². The predicted molar refractivity (Wildman–Crippen MR) is 188 cm³/mol. The quantitative estimate of drug-likeness (QED) is 0.180. The highest BCUT2D eigenvalue weighted by Crippen LogP contribution is 2.20. The van der Waals surface area contributed by atoms with Gasteiger partial charge in [0, 0.05) is 51.8 Å². The third-order valence-electron chi connectivity index (χ3n) is 6.53. The third kappa shape index (κ3) is 13.0. The smallest absolute Gasteiger partial charge is 0.339 e. The molecule has 242 valence electrons. The fraction of sp³-hybridized carbons (Fsp3) is 0.421. The summed E-state index contributed by atoms with van der Waals surface area (Å²) < 4.78 is 10.2. The van der Waals surface area contributed by atoms with Crippen LogP contribution in [0.25, 0.3) is 10.9 Å². The number of aryl methyl sites for hydroxylation is 1. The number of hydrogen-bond acceptors (Lipinski definition) is 7. The lowest BCUT2D eigenvalue weighted by Gasteiger charge is -2.17. The minimum atomic E-state index is -0.314. The van der Waals surface area contributed by atoms with Crippen LogP contribution >= 0.6 is 11.3 Å². The van der Waals surface area contributed by atoms with Crippen LogP contribution in [-0.2, 0) is 10.2 Å². The molecule has 0 aliphatic heterocycles. The summed E-state index contributed by atoms with van der Waals surface area (Å²) in [6.45, 7) is 23.3. The number of pyridine rings is 2. The molecule has 0 saturated heterocycles. The van der Waals surface area contributed by atoms with Crippen molar-refractivity contribution in [3.8, 4) is 0 Å². The van der Waals surface area contributed by atoms with Gasteiger partial charge in [-0.2, -0.15) is 0 Å². The van der Waals surface area contributed by atoms with Crippen molar-refractivity contribution in [2.45, 2.75) is 99.3 Å². The molecule has 45 heavy (non-hydrogen) atoms. The molecule has 5 aromatic rings. The van der Waals surface area contributed by atoms with Crippen molar-refractivity contribution < 1.29 is 13.9 Å². The lowest BCUT2D eigenvalue weighted by Crippen LogP contribution is -2.14. The molecule has 0 bridgehead atoms. The molecule has 4 heterocycles. The van der Waals surface area contributed by atoms with Crippen molar-refractivity contribution >= 4 is 28.2 Å². The topological polar surface area (TPSA) is 78.1 Å². The lowest BCUT2D eigenvalue weighted by molar-refractivity contribution is 0.0525. The van der Waals surface area contributed by atoms with Crippen LogP contribution in [0, 0.1) is 6.92 Å². The average Bonchev–Trinajstić information content (AvgIpc) is 3.71. The second kappa shape index (κ2) is 18.2. The molecule has 0 N–H and O–H groups in total. The summed E-state index contributed by atoms with van der Waals surface area (Å²) in [6.07, 6.45) is 3.42. The first-order valence-electron chi connectivity index (χ1n) is 15.7. The van der Waals surface area contributed by atoms with Gasteiger partial charge in [0.25, 0.3) is 0 Å². The number of carbonyl (C=O) groups is 1. The SMILES string of the molecule is CC(C)c1ccc2ccccc2n1.CC(C)c1nccs1.CCOC(=O)c1ccc(C(C)(C)C)nc1.Cc1ccc(C(C)C)o1. The van der Waals surface area contributed by atoms with Gasteiger partial charge in [-0.3, -0.25) is 9.97 Å². The molecule has 6 nitrogen and oxygen atoms in total. The zero-order valence-electron chi connectivity index (χ0n) is 28.9. The van der Waals surface area contributed by atoms with Gasteiger partial charge in [-0.1, -0.05) is 86.6 Å².